The van der Waals surface area contributed by atoms with Gasteiger partial charge in [0.15, 0.2) is 5.96 Å². The van der Waals surface area contributed by atoms with Crippen LogP contribution in [-0.2, 0) is 9.47 Å². The van der Waals surface area contributed by atoms with Gasteiger partial charge in [-0.3, -0.25) is 4.99 Å². The topological polar surface area (TPSA) is 52.6 Å². The molecule has 0 aromatic carbocycles. The van der Waals surface area contributed by atoms with E-state index in [0.29, 0.717) is 0 Å². The number of likely N-dealkylation sites (N-methyl/N-ethyl adjacent to an activating group) is 1. The standard InChI is InChI=1S/C20H39N5O2/c1-3-21-20(22-8-4-5-9-24-12-10-23(2)11-13-24)25-14-16-27-19(17-25)18-7-6-15-26-18/h18-19H,3-17H2,1-2H3,(H,21,22). The second-order valence-corrected chi connectivity index (χ2v) is 7.99. The number of morpholine rings is 1. The minimum absolute atomic E-state index is 0.183. The number of ether oxygens (including phenoxy) is 2. The van der Waals surface area contributed by atoms with E-state index < -0.39 is 0 Å². The van der Waals surface area contributed by atoms with E-state index in [-0.39, 0.29) is 12.2 Å². The van der Waals surface area contributed by atoms with E-state index >= 15 is 0 Å². The van der Waals surface area contributed by atoms with Crippen LogP contribution >= 0.6 is 0 Å². The number of aliphatic imine (C=N–C) groups is 1. The van der Waals surface area contributed by atoms with Gasteiger partial charge in [-0.25, -0.2) is 0 Å². The van der Waals surface area contributed by atoms with Gasteiger partial charge in [0.1, 0.15) is 6.10 Å². The molecule has 2 unspecified atom stereocenters. The maximum Gasteiger partial charge on any atom is 0.194 e. The molecule has 3 aliphatic heterocycles. The Labute approximate surface area is 165 Å². The lowest BCUT2D eigenvalue weighted by atomic mass is 10.1. The zero-order valence-electron chi connectivity index (χ0n) is 17.4. The highest BCUT2D eigenvalue weighted by Gasteiger charge is 2.32. The molecule has 3 fully saturated rings. The maximum absolute atomic E-state index is 5.98. The second-order valence-electron chi connectivity index (χ2n) is 7.99. The van der Waals surface area contributed by atoms with Gasteiger partial charge in [0.05, 0.1) is 12.7 Å². The molecule has 0 radical (unpaired) electrons. The van der Waals surface area contributed by atoms with Crippen LogP contribution in [0.1, 0.15) is 32.6 Å². The third kappa shape index (κ3) is 6.59. The van der Waals surface area contributed by atoms with E-state index in [9.17, 15) is 0 Å². The normalized spacial score (nSPS) is 28.7. The molecule has 0 saturated carbocycles. The monoisotopic (exact) mass is 381 g/mol. The van der Waals surface area contributed by atoms with Crippen molar-refractivity contribution in [2.75, 3.05) is 79.2 Å². The maximum atomic E-state index is 5.98. The number of nitrogens with zero attached hydrogens (tertiary/aromatic N) is 4. The van der Waals surface area contributed by atoms with Gasteiger partial charge in [0.25, 0.3) is 0 Å². The van der Waals surface area contributed by atoms with Crippen molar-refractivity contribution in [3.63, 3.8) is 0 Å². The van der Waals surface area contributed by atoms with Crippen LogP contribution < -0.4 is 5.32 Å². The zero-order chi connectivity index (χ0) is 18.9. The third-order valence-corrected chi connectivity index (χ3v) is 5.85. The lowest BCUT2D eigenvalue weighted by Gasteiger charge is -2.37. The molecular weight excluding hydrogens is 342 g/mol. The number of guanidine groups is 1. The molecule has 1 N–H and O–H groups in total. The van der Waals surface area contributed by atoms with Crippen LogP contribution in [0.5, 0.6) is 0 Å². The molecule has 0 aliphatic carbocycles. The summed E-state index contributed by atoms with van der Waals surface area (Å²) in [4.78, 5) is 12.3. The molecule has 3 rings (SSSR count). The van der Waals surface area contributed by atoms with Gasteiger partial charge < -0.3 is 29.5 Å². The van der Waals surface area contributed by atoms with Crippen LogP contribution in [0.2, 0.25) is 0 Å². The third-order valence-electron chi connectivity index (χ3n) is 5.85. The number of piperazine rings is 1. The summed E-state index contributed by atoms with van der Waals surface area (Å²) in [5.74, 6) is 1.04. The highest BCUT2D eigenvalue weighted by Crippen LogP contribution is 2.21. The fourth-order valence-corrected chi connectivity index (χ4v) is 4.12. The van der Waals surface area contributed by atoms with Crippen molar-refractivity contribution >= 4 is 5.96 Å². The Morgan fingerprint density at radius 3 is 2.59 bits per heavy atom. The molecule has 7 nitrogen and oxygen atoms in total. The molecule has 0 aromatic rings. The van der Waals surface area contributed by atoms with Gasteiger partial charge in [-0.2, -0.15) is 0 Å². The van der Waals surface area contributed by atoms with Crippen molar-refractivity contribution in [2.45, 2.75) is 44.8 Å². The van der Waals surface area contributed by atoms with Crippen LogP contribution in [0.4, 0.5) is 0 Å². The lowest BCUT2D eigenvalue weighted by molar-refractivity contribution is -0.0817. The van der Waals surface area contributed by atoms with Crippen LogP contribution in [0.15, 0.2) is 4.99 Å². The fraction of sp³-hybridized carbons (Fsp3) is 0.950. The van der Waals surface area contributed by atoms with Gasteiger partial charge in [0, 0.05) is 59.0 Å². The SMILES string of the molecule is CCNC(=NCCCCN1CCN(C)CC1)N1CCOC(C2CCCO2)C1. The minimum atomic E-state index is 0.183. The zero-order valence-corrected chi connectivity index (χ0v) is 17.4. The average molecular weight is 382 g/mol. The molecule has 3 saturated heterocycles. The van der Waals surface area contributed by atoms with Crippen molar-refractivity contribution in [3.8, 4) is 0 Å². The van der Waals surface area contributed by atoms with Crippen molar-refractivity contribution in [1.29, 1.82) is 0 Å². The molecule has 0 aromatic heterocycles. The summed E-state index contributed by atoms with van der Waals surface area (Å²) < 4.78 is 11.8. The molecule has 7 heteroatoms. The largest absolute Gasteiger partial charge is 0.375 e. The summed E-state index contributed by atoms with van der Waals surface area (Å²) in [6, 6.07) is 0. The number of unbranched alkanes of at least 4 members (excludes halogenated alkanes) is 1. The van der Waals surface area contributed by atoms with E-state index in [4.69, 9.17) is 14.5 Å². The van der Waals surface area contributed by atoms with Gasteiger partial charge in [-0.05, 0) is 46.2 Å². The molecule has 0 spiro atoms. The number of hydrogen-bond donors (Lipinski definition) is 1. The van der Waals surface area contributed by atoms with Crippen molar-refractivity contribution in [1.82, 2.24) is 20.0 Å². The number of rotatable bonds is 7. The summed E-state index contributed by atoms with van der Waals surface area (Å²) in [5, 5.41) is 3.47. The van der Waals surface area contributed by atoms with E-state index in [1.54, 1.807) is 0 Å². The highest BCUT2D eigenvalue weighted by molar-refractivity contribution is 5.80. The molecule has 156 valence electrons. The van der Waals surface area contributed by atoms with E-state index in [0.717, 1.165) is 64.6 Å². The Morgan fingerprint density at radius 1 is 1.04 bits per heavy atom. The fourth-order valence-electron chi connectivity index (χ4n) is 4.12. The molecule has 3 heterocycles. The Morgan fingerprint density at radius 2 is 1.85 bits per heavy atom. The predicted molar refractivity (Wildman–Crippen MR) is 109 cm³/mol. The first-order chi connectivity index (χ1) is 13.3. The summed E-state index contributed by atoms with van der Waals surface area (Å²) in [7, 11) is 2.21. The van der Waals surface area contributed by atoms with Crippen molar-refractivity contribution < 1.29 is 9.47 Å². The quantitative estimate of drug-likeness (QED) is 0.401. The van der Waals surface area contributed by atoms with Crippen molar-refractivity contribution in [2.24, 2.45) is 4.99 Å². The van der Waals surface area contributed by atoms with Crippen LogP contribution in [0, 0.1) is 0 Å². The number of nitrogens with one attached hydrogen (secondary N) is 1. The second kappa shape index (κ2) is 11.2. The Balaban J connectivity index is 1.40. The Kier molecular flexibility index (Phi) is 8.64. The number of hydrogen-bond acceptors (Lipinski definition) is 5. The summed E-state index contributed by atoms with van der Waals surface area (Å²) >= 11 is 0. The van der Waals surface area contributed by atoms with Gasteiger partial charge in [-0.1, -0.05) is 0 Å². The summed E-state index contributed by atoms with van der Waals surface area (Å²) in [5.41, 5.74) is 0. The first kappa shape index (κ1) is 20.8. The van der Waals surface area contributed by atoms with Crippen LogP contribution in [-0.4, -0.2) is 112 Å². The highest BCUT2D eigenvalue weighted by atomic mass is 16.5. The minimum Gasteiger partial charge on any atom is -0.375 e. The van der Waals surface area contributed by atoms with Crippen molar-refractivity contribution in [3.05, 3.63) is 0 Å². The Hall–Kier alpha value is -0.890. The van der Waals surface area contributed by atoms with Gasteiger partial charge in [0.2, 0.25) is 0 Å². The van der Waals surface area contributed by atoms with E-state index in [2.05, 4.69) is 34.0 Å². The average Bonchev–Trinajstić information content (AvgIpc) is 3.23. The lowest BCUT2D eigenvalue weighted by Crippen LogP contribution is -2.53. The smallest absolute Gasteiger partial charge is 0.194 e. The molecule has 0 amide bonds. The first-order valence-corrected chi connectivity index (χ1v) is 10.9. The molecule has 2 atom stereocenters. The predicted octanol–water partition coefficient (Wildman–Crippen LogP) is 0.859. The summed E-state index contributed by atoms with van der Waals surface area (Å²) in [6.07, 6.45) is 5.11. The molecule has 27 heavy (non-hydrogen) atoms. The van der Waals surface area contributed by atoms with E-state index in [1.807, 2.05) is 0 Å². The van der Waals surface area contributed by atoms with Crippen LogP contribution in [0.25, 0.3) is 0 Å². The first-order valence-electron chi connectivity index (χ1n) is 10.9. The molecular formula is C20H39N5O2. The molecule has 3 aliphatic rings. The molecule has 0 bridgehead atoms. The summed E-state index contributed by atoms with van der Waals surface area (Å²) in [6.45, 7) is 13.4. The van der Waals surface area contributed by atoms with E-state index in [1.165, 1.54) is 39.1 Å². The van der Waals surface area contributed by atoms with Crippen LogP contribution in [0.3, 0.4) is 0 Å². The van der Waals surface area contributed by atoms with Gasteiger partial charge in [-0.15, -0.1) is 0 Å². The van der Waals surface area contributed by atoms with Gasteiger partial charge >= 0.3 is 0 Å². The Bertz CT molecular complexity index is 448.